The summed E-state index contributed by atoms with van der Waals surface area (Å²) >= 11 is 0. The van der Waals surface area contributed by atoms with Crippen LogP contribution in [0.3, 0.4) is 0 Å². The molecule has 1 aromatic carbocycles. The van der Waals surface area contributed by atoms with E-state index < -0.39 is 0 Å². The molecule has 1 aliphatic rings. The zero-order chi connectivity index (χ0) is 17.4. The van der Waals surface area contributed by atoms with Gasteiger partial charge in [0, 0.05) is 33.1 Å². The summed E-state index contributed by atoms with van der Waals surface area (Å²) in [5.41, 5.74) is 6.32. The molecule has 0 bridgehead atoms. The number of nitrogens with two attached hydrogens (primary N) is 1. The van der Waals surface area contributed by atoms with Gasteiger partial charge in [0.2, 0.25) is 5.91 Å². The Labute approximate surface area is 143 Å². The molecule has 1 amide bonds. The lowest BCUT2D eigenvalue weighted by atomic mass is 9.95. The zero-order valence-corrected chi connectivity index (χ0v) is 14.3. The minimum Gasteiger partial charge on any atom is -0.370 e. The van der Waals surface area contributed by atoms with E-state index in [0.29, 0.717) is 12.3 Å². The number of carbonyl (C=O) groups excluding carboxylic acids is 1. The third-order valence-corrected chi connectivity index (χ3v) is 4.33. The molecule has 132 valence electrons. The Bertz CT molecular complexity index is 576. The molecule has 1 unspecified atom stereocenters. The molecule has 24 heavy (non-hydrogen) atoms. The predicted molar refractivity (Wildman–Crippen MR) is 94.2 cm³/mol. The van der Waals surface area contributed by atoms with Gasteiger partial charge in [-0.3, -0.25) is 9.79 Å². The van der Waals surface area contributed by atoms with Gasteiger partial charge in [-0.15, -0.1) is 0 Å². The zero-order valence-electron chi connectivity index (χ0n) is 14.3. The van der Waals surface area contributed by atoms with Crippen molar-refractivity contribution < 1.29 is 9.18 Å². The number of likely N-dealkylation sites (tertiary alicyclic amines) is 1. The first-order chi connectivity index (χ1) is 11.6. The number of guanidine groups is 1. The van der Waals surface area contributed by atoms with Gasteiger partial charge in [0.05, 0.1) is 0 Å². The van der Waals surface area contributed by atoms with Crippen molar-refractivity contribution in [1.29, 1.82) is 0 Å². The van der Waals surface area contributed by atoms with Gasteiger partial charge in [-0.2, -0.15) is 0 Å². The SMILES string of the molecule is CN=C(NCCCc1cccc(F)c1)N1CCCC(CC(N)=O)C1. The Morgan fingerprint density at radius 1 is 1.50 bits per heavy atom. The maximum absolute atomic E-state index is 13.2. The van der Waals surface area contributed by atoms with Crippen LogP contribution in [0.25, 0.3) is 0 Å². The standard InChI is InChI=1S/C18H27FN4O/c1-21-18(23-10-4-7-15(13-23)12-17(20)24)22-9-3-6-14-5-2-8-16(19)11-14/h2,5,8,11,15H,3-4,6-7,9-10,12-13H2,1H3,(H2,20,24)(H,21,22). The quantitative estimate of drug-likeness (QED) is 0.474. The molecule has 1 heterocycles. The van der Waals surface area contributed by atoms with Gasteiger partial charge in [0.1, 0.15) is 5.82 Å². The number of carbonyl (C=O) groups is 1. The van der Waals surface area contributed by atoms with E-state index in [2.05, 4.69) is 15.2 Å². The molecule has 0 saturated carbocycles. The molecule has 3 N–H and O–H groups in total. The van der Waals surface area contributed by atoms with Gasteiger partial charge in [-0.1, -0.05) is 12.1 Å². The van der Waals surface area contributed by atoms with E-state index in [-0.39, 0.29) is 11.7 Å². The fraction of sp³-hybridized carbons (Fsp3) is 0.556. The summed E-state index contributed by atoms with van der Waals surface area (Å²) in [4.78, 5) is 17.6. The number of nitrogens with one attached hydrogen (secondary N) is 1. The van der Waals surface area contributed by atoms with Gasteiger partial charge in [0.15, 0.2) is 5.96 Å². The molecule has 1 saturated heterocycles. The van der Waals surface area contributed by atoms with Crippen LogP contribution in [0.4, 0.5) is 4.39 Å². The van der Waals surface area contributed by atoms with E-state index >= 15 is 0 Å². The van der Waals surface area contributed by atoms with Crippen LogP contribution in [0.2, 0.25) is 0 Å². The summed E-state index contributed by atoms with van der Waals surface area (Å²) in [5, 5.41) is 3.36. The van der Waals surface area contributed by atoms with Crippen LogP contribution >= 0.6 is 0 Å². The van der Waals surface area contributed by atoms with Crippen LogP contribution in [-0.4, -0.2) is 43.4 Å². The highest BCUT2D eigenvalue weighted by atomic mass is 19.1. The number of benzene rings is 1. The monoisotopic (exact) mass is 334 g/mol. The summed E-state index contributed by atoms with van der Waals surface area (Å²) in [7, 11) is 1.77. The third kappa shape index (κ3) is 5.83. The smallest absolute Gasteiger partial charge is 0.217 e. The molecule has 0 radical (unpaired) electrons. The lowest BCUT2D eigenvalue weighted by Gasteiger charge is -2.34. The number of rotatable bonds is 6. The molecule has 5 nitrogen and oxygen atoms in total. The minimum absolute atomic E-state index is 0.190. The van der Waals surface area contributed by atoms with Gasteiger partial charge in [-0.25, -0.2) is 4.39 Å². The highest BCUT2D eigenvalue weighted by molar-refractivity contribution is 5.80. The van der Waals surface area contributed by atoms with Crippen molar-refractivity contribution in [3.05, 3.63) is 35.6 Å². The Kier molecular flexibility index (Phi) is 7.03. The summed E-state index contributed by atoms with van der Waals surface area (Å²) in [5.74, 6) is 0.746. The molecule has 1 atom stereocenters. The summed E-state index contributed by atoms with van der Waals surface area (Å²) in [6.45, 7) is 2.53. The number of piperidine rings is 1. The number of primary amides is 1. The molecular formula is C18H27FN4O. The third-order valence-electron chi connectivity index (χ3n) is 4.33. The minimum atomic E-state index is -0.236. The largest absolute Gasteiger partial charge is 0.370 e. The second-order valence-electron chi connectivity index (χ2n) is 6.33. The number of nitrogens with zero attached hydrogens (tertiary/aromatic N) is 2. The number of amides is 1. The van der Waals surface area contributed by atoms with Crippen LogP contribution in [0, 0.1) is 11.7 Å². The van der Waals surface area contributed by atoms with Gasteiger partial charge >= 0.3 is 0 Å². The van der Waals surface area contributed by atoms with Crippen LogP contribution in [0.1, 0.15) is 31.2 Å². The Morgan fingerprint density at radius 3 is 3.04 bits per heavy atom. The fourth-order valence-electron chi connectivity index (χ4n) is 3.23. The number of aliphatic imine (C=N–C) groups is 1. The molecular weight excluding hydrogens is 307 g/mol. The van der Waals surface area contributed by atoms with E-state index in [1.165, 1.54) is 6.07 Å². The number of hydrogen-bond donors (Lipinski definition) is 2. The van der Waals surface area contributed by atoms with Crippen LogP contribution in [0.15, 0.2) is 29.3 Å². The van der Waals surface area contributed by atoms with Gasteiger partial charge in [-0.05, 0) is 49.3 Å². The molecule has 0 aliphatic carbocycles. The van der Waals surface area contributed by atoms with Crippen LogP contribution in [0.5, 0.6) is 0 Å². The summed E-state index contributed by atoms with van der Waals surface area (Å²) in [6.07, 6.45) is 4.25. The van der Waals surface area contributed by atoms with Gasteiger partial charge in [0.25, 0.3) is 0 Å². The number of halogens is 1. The number of hydrogen-bond acceptors (Lipinski definition) is 2. The van der Waals surface area contributed by atoms with Crippen molar-refractivity contribution in [2.24, 2.45) is 16.6 Å². The topological polar surface area (TPSA) is 70.7 Å². The normalized spacial score (nSPS) is 18.5. The highest BCUT2D eigenvalue weighted by Crippen LogP contribution is 2.19. The predicted octanol–water partition coefficient (Wildman–Crippen LogP) is 1.92. The average molecular weight is 334 g/mol. The molecule has 6 heteroatoms. The first-order valence-corrected chi connectivity index (χ1v) is 8.57. The number of aryl methyl sites for hydroxylation is 1. The molecule has 1 aromatic rings. The van der Waals surface area contributed by atoms with E-state index in [1.54, 1.807) is 19.2 Å². The highest BCUT2D eigenvalue weighted by Gasteiger charge is 2.23. The average Bonchev–Trinajstić information content (AvgIpc) is 2.54. The first-order valence-electron chi connectivity index (χ1n) is 8.57. The van der Waals surface area contributed by atoms with Gasteiger partial charge < -0.3 is 16.0 Å². The van der Waals surface area contributed by atoms with Crippen molar-refractivity contribution in [2.45, 2.75) is 32.1 Å². The Hall–Kier alpha value is -2.11. The second-order valence-corrected chi connectivity index (χ2v) is 6.33. The van der Waals surface area contributed by atoms with Crippen molar-refractivity contribution in [2.75, 3.05) is 26.7 Å². The van der Waals surface area contributed by atoms with Crippen molar-refractivity contribution >= 4 is 11.9 Å². The van der Waals surface area contributed by atoms with Crippen molar-refractivity contribution in [1.82, 2.24) is 10.2 Å². The Morgan fingerprint density at radius 2 is 2.33 bits per heavy atom. The molecule has 1 aliphatic heterocycles. The molecule has 0 aromatic heterocycles. The first kappa shape index (κ1) is 18.2. The van der Waals surface area contributed by atoms with E-state index in [4.69, 9.17) is 5.73 Å². The van der Waals surface area contributed by atoms with Crippen molar-refractivity contribution in [3.8, 4) is 0 Å². The molecule has 0 spiro atoms. The summed E-state index contributed by atoms with van der Waals surface area (Å²) in [6, 6.07) is 6.72. The van der Waals surface area contributed by atoms with E-state index in [1.807, 2.05) is 6.07 Å². The van der Waals surface area contributed by atoms with Crippen LogP contribution < -0.4 is 11.1 Å². The van der Waals surface area contributed by atoms with Crippen LogP contribution in [-0.2, 0) is 11.2 Å². The Balaban J connectivity index is 1.76. The molecule has 1 fully saturated rings. The van der Waals surface area contributed by atoms with E-state index in [0.717, 1.165) is 56.8 Å². The lowest BCUT2D eigenvalue weighted by Crippen LogP contribution is -2.47. The van der Waals surface area contributed by atoms with E-state index in [9.17, 15) is 9.18 Å². The maximum Gasteiger partial charge on any atom is 0.217 e. The van der Waals surface area contributed by atoms with Crippen molar-refractivity contribution in [3.63, 3.8) is 0 Å². The molecule has 2 rings (SSSR count). The fourth-order valence-corrected chi connectivity index (χ4v) is 3.23. The summed E-state index contributed by atoms with van der Waals surface area (Å²) < 4.78 is 13.2. The lowest BCUT2D eigenvalue weighted by molar-refractivity contribution is -0.119. The second kappa shape index (κ2) is 9.25. The maximum atomic E-state index is 13.2.